The van der Waals surface area contributed by atoms with Crippen LogP contribution in [0.25, 0.3) is 0 Å². The van der Waals surface area contributed by atoms with Crippen LogP contribution < -0.4 is 5.32 Å². The first-order valence-corrected chi connectivity index (χ1v) is 8.50. The number of amides is 1. The molecule has 0 saturated carbocycles. The van der Waals surface area contributed by atoms with Gasteiger partial charge in [-0.05, 0) is 31.5 Å². The fourth-order valence-electron chi connectivity index (χ4n) is 2.79. The van der Waals surface area contributed by atoms with E-state index in [1.165, 1.54) is 10.9 Å². The summed E-state index contributed by atoms with van der Waals surface area (Å²) in [5.74, 6) is -1.80. The number of benzene rings is 1. The Balaban J connectivity index is 1.85. The van der Waals surface area contributed by atoms with Gasteiger partial charge in [0.15, 0.2) is 5.69 Å². The summed E-state index contributed by atoms with van der Waals surface area (Å²) in [5, 5.41) is 20.9. The lowest BCUT2D eigenvalue weighted by atomic mass is 10.2. The minimum atomic E-state index is -1.26. The summed E-state index contributed by atoms with van der Waals surface area (Å²) < 4.78 is 3.07. The van der Waals surface area contributed by atoms with Gasteiger partial charge in [-0.2, -0.15) is 10.2 Å². The number of carbonyl (C=O) groups excluding carboxylic acids is 1. The number of carboxylic acid groups (broad SMARTS) is 1. The number of rotatable bonds is 5. The van der Waals surface area contributed by atoms with Gasteiger partial charge >= 0.3 is 5.97 Å². The molecule has 2 aromatic heterocycles. The quantitative estimate of drug-likeness (QED) is 0.700. The average Bonchev–Trinajstić information content (AvgIpc) is 3.12. The van der Waals surface area contributed by atoms with E-state index in [1.54, 1.807) is 30.8 Å². The number of hydrogen-bond acceptors (Lipinski definition) is 4. The van der Waals surface area contributed by atoms with E-state index in [9.17, 15) is 14.7 Å². The van der Waals surface area contributed by atoms with E-state index >= 15 is 0 Å². The SMILES string of the molecule is Cc1nn(Cc2ccc(Cl)cc2)c(C)c1NC(=O)c1cn(C)nc1C(=O)O. The molecule has 1 aromatic carbocycles. The maximum absolute atomic E-state index is 12.6. The molecule has 8 nitrogen and oxygen atoms in total. The second-order valence-electron chi connectivity index (χ2n) is 6.15. The Morgan fingerprint density at radius 3 is 2.48 bits per heavy atom. The smallest absolute Gasteiger partial charge is 0.357 e. The Labute approximate surface area is 160 Å². The van der Waals surface area contributed by atoms with Crippen LogP contribution in [0.4, 0.5) is 5.69 Å². The summed E-state index contributed by atoms with van der Waals surface area (Å²) in [6.45, 7) is 4.14. The van der Waals surface area contributed by atoms with Gasteiger partial charge in [0.2, 0.25) is 0 Å². The zero-order chi connectivity index (χ0) is 19.7. The van der Waals surface area contributed by atoms with Gasteiger partial charge in [0.05, 0.1) is 29.2 Å². The molecule has 0 unspecified atom stereocenters. The Bertz CT molecular complexity index is 1020. The highest BCUT2D eigenvalue weighted by atomic mass is 35.5. The number of nitrogens with zero attached hydrogens (tertiary/aromatic N) is 4. The number of anilines is 1. The minimum Gasteiger partial charge on any atom is -0.476 e. The third kappa shape index (κ3) is 3.85. The summed E-state index contributed by atoms with van der Waals surface area (Å²) in [6.07, 6.45) is 1.38. The zero-order valence-electron chi connectivity index (χ0n) is 15.0. The number of aromatic carboxylic acids is 1. The third-order valence-electron chi connectivity index (χ3n) is 4.14. The van der Waals surface area contributed by atoms with Crippen molar-refractivity contribution in [3.63, 3.8) is 0 Å². The molecular formula is C18H18ClN5O3. The van der Waals surface area contributed by atoms with E-state index in [1.807, 2.05) is 19.1 Å². The predicted octanol–water partition coefficient (Wildman–Crippen LogP) is 2.89. The van der Waals surface area contributed by atoms with E-state index in [4.69, 9.17) is 11.6 Å². The van der Waals surface area contributed by atoms with Crippen molar-refractivity contribution in [3.05, 3.63) is 63.7 Å². The molecule has 140 valence electrons. The molecule has 9 heteroatoms. The predicted molar refractivity (Wildman–Crippen MR) is 100 cm³/mol. The van der Waals surface area contributed by atoms with Crippen LogP contribution >= 0.6 is 11.6 Å². The van der Waals surface area contributed by atoms with Gasteiger partial charge in [-0.1, -0.05) is 23.7 Å². The molecule has 3 rings (SSSR count). The van der Waals surface area contributed by atoms with Gasteiger partial charge in [0, 0.05) is 18.3 Å². The molecule has 2 heterocycles. The Morgan fingerprint density at radius 2 is 1.85 bits per heavy atom. The van der Waals surface area contributed by atoms with Crippen LogP contribution in [0.1, 0.15) is 37.8 Å². The van der Waals surface area contributed by atoms with Crippen molar-refractivity contribution in [2.45, 2.75) is 20.4 Å². The second-order valence-corrected chi connectivity index (χ2v) is 6.59. The monoisotopic (exact) mass is 387 g/mol. The van der Waals surface area contributed by atoms with Crippen LogP contribution in [-0.4, -0.2) is 36.5 Å². The lowest BCUT2D eigenvalue weighted by molar-refractivity contribution is 0.0685. The molecule has 0 saturated heterocycles. The van der Waals surface area contributed by atoms with Crippen LogP contribution in [-0.2, 0) is 13.6 Å². The summed E-state index contributed by atoms with van der Waals surface area (Å²) in [7, 11) is 1.56. The molecule has 0 aliphatic rings. The molecule has 0 spiro atoms. The van der Waals surface area contributed by atoms with Gasteiger partial charge in [-0.25, -0.2) is 4.79 Å². The summed E-state index contributed by atoms with van der Waals surface area (Å²) >= 11 is 5.91. The van der Waals surface area contributed by atoms with E-state index in [0.717, 1.165) is 11.3 Å². The van der Waals surface area contributed by atoms with Gasteiger partial charge < -0.3 is 10.4 Å². The number of carbonyl (C=O) groups is 2. The lowest BCUT2D eigenvalue weighted by Crippen LogP contribution is -2.16. The first-order valence-electron chi connectivity index (χ1n) is 8.13. The minimum absolute atomic E-state index is 0.00532. The number of hydrogen-bond donors (Lipinski definition) is 2. The van der Waals surface area contributed by atoms with Gasteiger partial charge in [-0.15, -0.1) is 0 Å². The highest BCUT2D eigenvalue weighted by molar-refractivity contribution is 6.30. The number of aromatic nitrogens is 4. The lowest BCUT2D eigenvalue weighted by Gasteiger charge is -2.07. The maximum atomic E-state index is 12.6. The average molecular weight is 388 g/mol. The topological polar surface area (TPSA) is 102 Å². The molecular weight excluding hydrogens is 370 g/mol. The van der Waals surface area contributed by atoms with E-state index in [2.05, 4.69) is 15.5 Å². The molecule has 0 fully saturated rings. The van der Waals surface area contributed by atoms with E-state index < -0.39 is 11.9 Å². The summed E-state index contributed by atoms with van der Waals surface area (Å²) in [4.78, 5) is 23.9. The van der Waals surface area contributed by atoms with Crippen molar-refractivity contribution in [3.8, 4) is 0 Å². The van der Waals surface area contributed by atoms with Crippen LogP contribution in [0.3, 0.4) is 0 Å². The standard InChI is InChI=1S/C18H18ClN5O3/c1-10-15(20-17(25)14-9-23(3)22-16(14)18(26)27)11(2)24(21-10)8-12-4-6-13(19)7-5-12/h4-7,9H,8H2,1-3H3,(H,20,25)(H,26,27). The molecule has 0 atom stereocenters. The van der Waals surface area contributed by atoms with E-state index in [-0.39, 0.29) is 11.3 Å². The van der Waals surface area contributed by atoms with Crippen molar-refractivity contribution in [1.29, 1.82) is 0 Å². The molecule has 0 aliphatic carbocycles. The van der Waals surface area contributed by atoms with Crippen LogP contribution in [0.5, 0.6) is 0 Å². The molecule has 1 amide bonds. The van der Waals surface area contributed by atoms with Crippen LogP contribution in [0.2, 0.25) is 5.02 Å². The fourth-order valence-corrected chi connectivity index (χ4v) is 2.91. The molecule has 0 radical (unpaired) electrons. The number of aryl methyl sites for hydroxylation is 2. The fraction of sp³-hybridized carbons (Fsp3) is 0.222. The van der Waals surface area contributed by atoms with Crippen molar-refractivity contribution < 1.29 is 14.7 Å². The third-order valence-corrected chi connectivity index (χ3v) is 4.39. The Kier molecular flexibility index (Phi) is 5.00. The number of carboxylic acids is 1. The summed E-state index contributed by atoms with van der Waals surface area (Å²) in [6, 6.07) is 7.43. The number of nitrogens with one attached hydrogen (secondary N) is 1. The first kappa shape index (κ1) is 18.7. The van der Waals surface area contributed by atoms with Gasteiger partial charge in [0.25, 0.3) is 5.91 Å². The summed E-state index contributed by atoms with van der Waals surface area (Å²) in [5.41, 5.74) is 2.66. The first-order chi connectivity index (χ1) is 12.8. The Hall–Kier alpha value is -3.13. The molecule has 0 aliphatic heterocycles. The second kappa shape index (κ2) is 7.24. The van der Waals surface area contributed by atoms with Crippen molar-refractivity contribution in [1.82, 2.24) is 19.6 Å². The van der Waals surface area contributed by atoms with Gasteiger partial charge in [0.1, 0.15) is 0 Å². The van der Waals surface area contributed by atoms with Gasteiger partial charge in [-0.3, -0.25) is 14.2 Å². The highest BCUT2D eigenvalue weighted by Crippen LogP contribution is 2.22. The maximum Gasteiger partial charge on any atom is 0.357 e. The van der Waals surface area contributed by atoms with Crippen molar-refractivity contribution >= 4 is 29.2 Å². The normalized spacial score (nSPS) is 10.8. The van der Waals surface area contributed by atoms with Crippen molar-refractivity contribution in [2.75, 3.05) is 5.32 Å². The Morgan fingerprint density at radius 1 is 1.19 bits per heavy atom. The van der Waals surface area contributed by atoms with Crippen molar-refractivity contribution in [2.24, 2.45) is 7.05 Å². The van der Waals surface area contributed by atoms with Crippen LogP contribution in [0.15, 0.2) is 30.5 Å². The largest absolute Gasteiger partial charge is 0.476 e. The molecule has 0 bridgehead atoms. The molecule has 3 aromatic rings. The van der Waals surface area contributed by atoms with E-state index in [0.29, 0.717) is 22.9 Å². The highest BCUT2D eigenvalue weighted by Gasteiger charge is 2.23. The molecule has 2 N–H and O–H groups in total. The molecule has 27 heavy (non-hydrogen) atoms. The zero-order valence-corrected chi connectivity index (χ0v) is 15.8. The van der Waals surface area contributed by atoms with Crippen LogP contribution in [0, 0.1) is 13.8 Å². The number of halogens is 1.